The molecule has 0 amide bonds. The van der Waals surface area contributed by atoms with Crippen LogP contribution in [0.15, 0.2) is 23.9 Å². The lowest BCUT2D eigenvalue weighted by atomic mass is 9.52. The van der Waals surface area contributed by atoms with Gasteiger partial charge in [0.15, 0.2) is 5.78 Å². The molecule has 3 nitrogen and oxygen atoms in total. The predicted octanol–water partition coefficient (Wildman–Crippen LogP) is 2.63. The molecule has 1 N–H and O–H groups in total. The molecule has 3 aliphatic carbocycles. The van der Waals surface area contributed by atoms with E-state index in [0.29, 0.717) is 23.5 Å². The number of nitrogens with one attached hydrogen (secondary N) is 1. The van der Waals surface area contributed by atoms with Crippen LogP contribution in [-0.2, 0) is 9.59 Å². The van der Waals surface area contributed by atoms with Crippen LogP contribution >= 0.6 is 0 Å². The summed E-state index contributed by atoms with van der Waals surface area (Å²) in [6.45, 7) is 5.48. The van der Waals surface area contributed by atoms with Crippen molar-refractivity contribution in [1.82, 2.24) is 5.32 Å². The zero-order valence-corrected chi connectivity index (χ0v) is 12.8. The maximum atomic E-state index is 12.0. The molecule has 4 rings (SSSR count). The molecule has 0 unspecified atom stereocenters. The van der Waals surface area contributed by atoms with Crippen molar-refractivity contribution < 1.29 is 9.59 Å². The van der Waals surface area contributed by atoms with Crippen molar-refractivity contribution in [1.29, 1.82) is 0 Å². The van der Waals surface area contributed by atoms with Crippen LogP contribution in [0.2, 0.25) is 0 Å². The van der Waals surface area contributed by atoms with Crippen molar-refractivity contribution in [3.8, 4) is 0 Å². The SMILES string of the molecule is C[C@]12CC[C@H]3[C@@H](CNC4=CC(=O)C=C[C@@]43C)[C@@H]1CC(=O)C2. The Labute approximate surface area is 125 Å². The van der Waals surface area contributed by atoms with Gasteiger partial charge >= 0.3 is 0 Å². The van der Waals surface area contributed by atoms with Gasteiger partial charge in [0.05, 0.1) is 0 Å². The molecule has 0 spiro atoms. The smallest absolute Gasteiger partial charge is 0.180 e. The van der Waals surface area contributed by atoms with Crippen molar-refractivity contribution >= 4 is 11.6 Å². The van der Waals surface area contributed by atoms with E-state index in [0.717, 1.165) is 31.5 Å². The normalized spacial score (nSPS) is 48.1. The zero-order chi connectivity index (χ0) is 14.8. The number of Topliss-reactive ketones (excluding diaryl/α,β-unsaturated/α-hetero) is 1. The van der Waals surface area contributed by atoms with Crippen LogP contribution < -0.4 is 5.32 Å². The zero-order valence-electron chi connectivity index (χ0n) is 12.8. The number of rotatable bonds is 0. The van der Waals surface area contributed by atoms with Crippen molar-refractivity contribution in [2.24, 2.45) is 28.6 Å². The minimum absolute atomic E-state index is 0.0518. The lowest BCUT2D eigenvalue weighted by molar-refractivity contribution is -0.118. The number of allylic oxidation sites excluding steroid dienone is 3. The third-order valence-corrected chi connectivity index (χ3v) is 6.76. The summed E-state index contributed by atoms with van der Waals surface area (Å²) in [5.74, 6) is 2.16. The highest BCUT2D eigenvalue weighted by Gasteiger charge is 2.57. The molecule has 0 aromatic rings. The largest absolute Gasteiger partial charge is 0.387 e. The summed E-state index contributed by atoms with van der Waals surface area (Å²) < 4.78 is 0. The quantitative estimate of drug-likeness (QED) is 0.744. The first-order chi connectivity index (χ1) is 9.92. The average molecular weight is 285 g/mol. The van der Waals surface area contributed by atoms with E-state index < -0.39 is 0 Å². The maximum absolute atomic E-state index is 12.0. The van der Waals surface area contributed by atoms with Crippen molar-refractivity contribution in [3.05, 3.63) is 23.9 Å². The Morgan fingerprint density at radius 3 is 2.86 bits per heavy atom. The standard InChI is InChI=1S/C18H23NO2/c1-17-5-4-14-13(15(17)7-12(21)9-17)10-19-16-8-11(20)3-6-18(14,16)2/h3,6,8,13-15,19H,4-5,7,9-10H2,1-2H3/t13-,14+,15+,17-,18-/m1/s1. The summed E-state index contributed by atoms with van der Waals surface area (Å²) in [7, 11) is 0. The molecule has 21 heavy (non-hydrogen) atoms. The Bertz CT molecular complexity index is 590. The van der Waals surface area contributed by atoms with E-state index in [1.54, 1.807) is 12.2 Å². The van der Waals surface area contributed by atoms with Crippen LogP contribution in [-0.4, -0.2) is 18.1 Å². The number of carbonyl (C=O) groups excluding carboxylic acids is 2. The van der Waals surface area contributed by atoms with Gasteiger partial charge in [0.1, 0.15) is 5.78 Å². The van der Waals surface area contributed by atoms with E-state index in [2.05, 4.69) is 25.2 Å². The molecule has 3 heteroatoms. The number of hydrogen-bond donors (Lipinski definition) is 1. The number of ketones is 2. The molecule has 112 valence electrons. The first-order valence-electron chi connectivity index (χ1n) is 8.13. The van der Waals surface area contributed by atoms with E-state index in [9.17, 15) is 9.59 Å². The monoisotopic (exact) mass is 285 g/mol. The van der Waals surface area contributed by atoms with Gasteiger partial charge in [-0.1, -0.05) is 19.9 Å². The van der Waals surface area contributed by atoms with Gasteiger partial charge < -0.3 is 5.32 Å². The summed E-state index contributed by atoms with van der Waals surface area (Å²) in [4.78, 5) is 23.7. The molecule has 5 atom stereocenters. The molecule has 3 fully saturated rings. The van der Waals surface area contributed by atoms with Crippen LogP contribution in [0.4, 0.5) is 0 Å². The fourth-order valence-corrected chi connectivity index (χ4v) is 5.58. The van der Waals surface area contributed by atoms with Crippen LogP contribution in [0.25, 0.3) is 0 Å². The second-order valence-electron chi connectivity index (χ2n) is 7.95. The van der Waals surface area contributed by atoms with E-state index in [1.165, 1.54) is 6.42 Å². The Morgan fingerprint density at radius 1 is 1.24 bits per heavy atom. The first kappa shape index (κ1) is 13.3. The van der Waals surface area contributed by atoms with Gasteiger partial charge in [-0.2, -0.15) is 0 Å². The summed E-state index contributed by atoms with van der Waals surface area (Å²) >= 11 is 0. The van der Waals surface area contributed by atoms with Gasteiger partial charge in [-0.3, -0.25) is 9.59 Å². The van der Waals surface area contributed by atoms with Gasteiger partial charge in [0, 0.05) is 36.6 Å². The maximum Gasteiger partial charge on any atom is 0.180 e. The summed E-state index contributed by atoms with van der Waals surface area (Å²) in [5.41, 5.74) is 1.25. The molecule has 4 aliphatic rings. The summed E-state index contributed by atoms with van der Waals surface area (Å²) in [6, 6.07) is 0. The highest BCUT2D eigenvalue weighted by Crippen LogP contribution is 2.60. The molecule has 1 saturated heterocycles. The third-order valence-electron chi connectivity index (χ3n) is 6.76. The summed E-state index contributed by atoms with van der Waals surface area (Å²) in [6.07, 6.45) is 9.44. The minimum atomic E-state index is -0.0518. The van der Waals surface area contributed by atoms with Crippen LogP contribution in [0.3, 0.4) is 0 Å². The van der Waals surface area contributed by atoms with E-state index >= 15 is 0 Å². The highest BCUT2D eigenvalue weighted by atomic mass is 16.1. The lowest BCUT2D eigenvalue weighted by Crippen LogP contribution is -2.55. The van der Waals surface area contributed by atoms with Gasteiger partial charge in [-0.25, -0.2) is 0 Å². The highest BCUT2D eigenvalue weighted by molar-refractivity contribution is 6.01. The third kappa shape index (κ3) is 1.72. The van der Waals surface area contributed by atoms with Gasteiger partial charge in [-0.15, -0.1) is 0 Å². The summed E-state index contributed by atoms with van der Waals surface area (Å²) in [5, 5.41) is 3.51. The average Bonchev–Trinajstić information content (AvgIpc) is 2.74. The fraction of sp³-hybridized carbons (Fsp3) is 0.667. The van der Waals surface area contributed by atoms with Gasteiger partial charge in [0.25, 0.3) is 0 Å². The molecular formula is C18H23NO2. The molecule has 1 aliphatic heterocycles. The second-order valence-corrected chi connectivity index (χ2v) is 7.95. The number of fused-ring (bicyclic) bond motifs is 5. The van der Waals surface area contributed by atoms with Crippen molar-refractivity contribution in [2.75, 3.05) is 6.54 Å². The van der Waals surface area contributed by atoms with Crippen LogP contribution in [0.1, 0.15) is 39.5 Å². The minimum Gasteiger partial charge on any atom is -0.387 e. The molecule has 1 heterocycles. The molecule has 0 aromatic carbocycles. The Kier molecular flexibility index (Phi) is 2.59. The molecule has 0 radical (unpaired) electrons. The second kappa shape index (κ2) is 4.08. The molecular weight excluding hydrogens is 262 g/mol. The van der Waals surface area contributed by atoms with Gasteiger partial charge in [-0.05, 0) is 42.1 Å². The van der Waals surface area contributed by atoms with Crippen molar-refractivity contribution in [3.63, 3.8) is 0 Å². The van der Waals surface area contributed by atoms with E-state index in [1.807, 2.05) is 0 Å². The van der Waals surface area contributed by atoms with Crippen molar-refractivity contribution in [2.45, 2.75) is 39.5 Å². The first-order valence-corrected chi connectivity index (χ1v) is 8.13. The van der Waals surface area contributed by atoms with Crippen LogP contribution in [0.5, 0.6) is 0 Å². The Hall–Kier alpha value is -1.38. The van der Waals surface area contributed by atoms with Gasteiger partial charge in [0.2, 0.25) is 0 Å². The Morgan fingerprint density at radius 2 is 2.05 bits per heavy atom. The predicted molar refractivity (Wildman–Crippen MR) is 80.4 cm³/mol. The number of carbonyl (C=O) groups is 2. The molecule has 2 saturated carbocycles. The van der Waals surface area contributed by atoms with E-state index in [4.69, 9.17) is 0 Å². The number of piperidine rings is 1. The molecule has 0 bridgehead atoms. The Balaban J connectivity index is 1.71. The van der Waals surface area contributed by atoms with E-state index in [-0.39, 0.29) is 16.6 Å². The topological polar surface area (TPSA) is 46.2 Å². The number of hydrogen-bond acceptors (Lipinski definition) is 3. The fourth-order valence-electron chi connectivity index (χ4n) is 5.58. The lowest BCUT2D eigenvalue weighted by Gasteiger charge is -2.55. The van der Waals surface area contributed by atoms with Crippen LogP contribution in [0, 0.1) is 28.6 Å². The molecule has 0 aromatic heterocycles.